The number of hydrogen-bond acceptors (Lipinski definition) is 7. The van der Waals surface area contributed by atoms with Crippen molar-refractivity contribution < 1.29 is 4.79 Å². The molecule has 1 heterocycles. The first-order valence-corrected chi connectivity index (χ1v) is 9.30. The van der Waals surface area contributed by atoms with E-state index in [4.69, 9.17) is 5.73 Å². The van der Waals surface area contributed by atoms with Gasteiger partial charge in [-0.3, -0.25) is 4.79 Å². The van der Waals surface area contributed by atoms with Crippen LogP contribution in [0.3, 0.4) is 0 Å². The topological polar surface area (TPSA) is 108 Å². The van der Waals surface area contributed by atoms with Crippen molar-refractivity contribution in [1.82, 2.24) is 9.97 Å². The molecular formula is C16H17BrN6OS. The predicted octanol–water partition coefficient (Wildman–Crippen LogP) is 2.88. The first-order chi connectivity index (χ1) is 11.9. The van der Waals surface area contributed by atoms with Gasteiger partial charge in [0.2, 0.25) is 11.9 Å². The number of anilines is 3. The van der Waals surface area contributed by atoms with Gasteiger partial charge in [-0.1, -0.05) is 22.0 Å². The van der Waals surface area contributed by atoms with E-state index in [-0.39, 0.29) is 23.2 Å². The molecule has 1 aromatic heterocycles. The van der Waals surface area contributed by atoms with Crippen molar-refractivity contribution in [3.8, 4) is 6.07 Å². The summed E-state index contributed by atoms with van der Waals surface area (Å²) in [7, 11) is 1.82. The fourth-order valence-electron chi connectivity index (χ4n) is 2.11. The van der Waals surface area contributed by atoms with Crippen LogP contribution in [-0.4, -0.2) is 35.2 Å². The number of likely N-dealkylation sites (N-methyl/N-ethyl adjacent to an activating group) is 1. The Morgan fingerprint density at radius 3 is 2.80 bits per heavy atom. The van der Waals surface area contributed by atoms with E-state index in [0.29, 0.717) is 5.03 Å². The van der Waals surface area contributed by atoms with E-state index in [2.05, 4.69) is 31.2 Å². The molecular weight excluding hydrogens is 404 g/mol. The van der Waals surface area contributed by atoms with E-state index in [1.807, 2.05) is 42.3 Å². The smallest absolute Gasteiger partial charge is 0.247 e. The number of aromatic nitrogens is 2. The van der Waals surface area contributed by atoms with Crippen molar-refractivity contribution in [1.29, 1.82) is 5.26 Å². The number of thioether (sulfide) groups is 1. The second-order valence-corrected chi connectivity index (χ2v) is 6.89. The second kappa shape index (κ2) is 8.18. The minimum atomic E-state index is -0.491. The lowest BCUT2D eigenvalue weighted by Gasteiger charge is -2.26. The highest BCUT2D eigenvalue weighted by Crippen LogP contribution is 2.25. The first-order valence-electron chi connectivity index (χ1n) is 7.28. The maximum Gasteiger partial charge on any atom is 0.247 e. The minimum absolute atomic E-state index is 0.00616. The Kier molecular flexibility index (Phi) is 6.22. The summed E-state index contributed by atoms with van der Waals surface area (Å²) in [4.78, 5) is 22.4. The molecule has 1 amide bonds. The Bertz CT molecular complexity index is 838. The van der Waals surface area contributed by atoms with Crippen LogP contribution in [0.25, 0.3) is 0 Å². The number of nitrogens with one attached hydrogen (secondary N) is 1. The zero-order valence-corrected chi connectivity index (χ0v) is 16.3. The number of amides is 1. The largest absolute Gasteiger partial charge is 0.368 e. The molecule has 25 heavy (non-hydrogen) atoms. The molecule has 0 unspecified atom stereocenters. The first kappa shape index (κ1) is 19.0. The molecule has 0 spiro atoms. The summed E-state index contributed by atoms with van der Waals surface area (Å²) in [6, 6.07) is 9.15. The molecule has 2 rings (SSSR count). The number of nitrogen functional groups attached to an aromatic ring is 1. The Hall–Kier alpha value is -2.31. The molecule has 0 fully saturated rings. The summed E-state index contributed by atoms with van der Waals surface area (Å²) in [6.45, 7) is 1.77. The molecule has 7 nitrogen and oxygen atoms in total. The molecule has 130 valence electrons. The number of carbonyl (C=O) groups excluding carboxylic acids is 1. The fourth-order valence-corrected chi connectivity index (χ4v) is 3.03. The monoisotopic (exact) mass is 420 g/mol. The van der Waals surface area contributed by atoms with Crippen molar-refractivity contribution >= 4 is 51.1 Å². The number of nitrogens with two attached hydrogens (primary N) is 1. The Morgan fingerprint density at radius 2 is 2.20 bits per heavy atom. The highest BCUT2D eigenvalue weighted by molar-refractivity contribution is 9.10. The molecule has 0 aliphatic rings. The van der Waals surface area contributed by atoms with E-state index in [0.717, 1.165) is 10.2 Å². The number of halogens is 1. The van der Waals surface area contributed by atoms with Crippen LogP contribution >= 0.6 is 27.7 Å². The summed E-state index contributed by atoms with van der Waals surface area (Å²) in [5, 5.41) is 12.5. The number of benzene rings is 1. The molecule has 3 N–H and O–H groups in total. The van der Waals surface area contributed by atoms with Gasteiger partial charge in [0, 0.05) is 17.2 Å². The number of rotatable bonds is 5. The van der Waals surface area contributed by atoms with Gasteiger partial charge >= 0.3 is 0 Å². The molecule has 0 saturated carbocycles. The van der Waals surface area contributed by atoms with Gasteiger partial charge < -0.3 is 16.0 Å². The SMILES string of the molecule is CSc1nc(N)nc(NC(=O)[C@H](C)N(C)c2cccc(Br)c2)c1C#N. The summed E-state index contributed by atoms with van der Waals surface area (Å²) >= 11 is 4.68. The minimum Gasteiger partial charge on any atom is -0.368 e. The van der Waals surface area contributed by atoms with Crippen molar-refractivity contribution in [3.05, 3.63) is 34.3 Å². The quantitative estimate of drug-likeness (QED) is 0.565. The average Bonchev–Trinajstić information content (AvgIpc) is 2.59. The van der Waals surface area contributed by atoms with E-state index in [1.165, 1.54) is 11.8 Å². The lowest BCUT2D eigenvalue weighted by Crippen LogP contribution is -2.40. The van der Waals surface area contributed by atoms with Gasteiger partial charge in [-0.05, 0) is 31.4 Å². The number of nitriles is 1. The van der Waals surface area contributed by atoms with Crippen molar-refractivity contribution in [3.63, 3.8) is 0 Å². The van der Waals surface area contributed by atoms with E-state index >= 15 is 0 Å². The molecule has 0 aliphatic carbocycles. The van der Waals surface area contributed by atoms with Crippen molar-refractivity contribution in [2.24, 2.45) is 0 Å². The van der Waals surface area contributed by atoms with Crippen LogP contribution in [0.15, 0.2) is 33.8 Å². The summed E-state index contributed by atoms with van der Waals surface area (Å²) in [6.07, 6.45) is 1.78. The van der Waals surface area contributed by atoms with E-state index in [1.54, 1.807) is 13.2 Å². The molecule has 0 aliphatic heterocycles. The Morgan fingerprint density at radius 1 is 1.48 bits per heavy atom. The van der Waals surface area contributed by atoms with Gasteiger partial charge in [-0.15, -0.1) is 11.8 Å². The third-order valence-corrected chi connectivity index (χ3v) is 4.79. The maximum absolute atomic E-state index is 12.6. The Balaban J connectivity index is 2.25. The number of nitrogens with zero attached hydrogens (tertiary/aromatic N) is 4. The van der Waals surface area contributed by atoms with Crippen molar-refractivity contribution in [2.45, 2.75) is 18.0 Å². The van der Waals surface area contributed by atoms with Crippen LogP contribution in [0.1, 0.15) is 12.5 Å². The molecule has 0 saturated heterocycles. The van der Waals surface area contributed by atoms with Crippen LogP contribution in [0, 0.1) is 11.3 Å². The highest BCUT2D eigenvalue weighted by atomic mass is 79.9. The average molecular weight is 421 g/mol. The van der Waals surface area contributed by atoms with Gasteiger partial charge in [-0.25, -0.2) is 4.98 Å². The standard InChI is InChI=1S/C16H17BrN6OS/c1-9(23(2)11-6-4-5-10(17)7-11)14(24)20-13-12(8-18)15(25-3)22-16(19)21-13/h4-7,9H,1-3H3,(H3,19,20,21,22,24)/t9-/m0/s1. The molecule has 0 radical (unpaired) electrons. The molecule has 1 atom stereocenters. The van der Waals surface area contributed by atoms with Gasteiger partial charge in [0.15, 0.2) is 5.82 Å². The lowest BCUT2D eigenvalue weighted by atomic mass is 10.2. The fraction of sp³-hybridized carbons (Fsp3) is 0.250. The van der Waals surface area contributed by atoms with Gasteiger partial charge in [-0.2, -0.15) is 10.2 Å². The zero-order valence-electron chi connectivity index (χ0n) is 13.9. The van der Waals surface area contributed by atoms with Gasteiger partial charge in [0.1, 0.15) is 22.7 Å². The molecule has 1 aromatic carbocycles. The van der Waals surface area contributed by atoms with E-state index < -0.39 is 6.04 Å². The number of hydrogen-bond donors (Lipinski definition) is 2. The second-order valence-electron chi connectivity index (χ2n) is 5.18. The lowest BCUT2D eigenvalue weighted by molar-refractivity contribution is -0.117. The van der Waals surface area contributed by atoms with E-state index in [9.17, 15) is 10.1 Å². The van der Waals surface area contributed by atoms with Crippen LogP contribution in [0.4, 0.5) is 17.5 Å². The Labute approximate surface area is 158 Å². The summed E-state index contributed by atoms with van der Waals surface area (Å²) in [5.41, 5.74) is 6.75. The summed E-state index contributed by atoms with van der Waals surface area (Å²) < 4.78 is 0.921. The molecule has 0 bridgehead atoms. The van der Waals surface area contributed by atoms with Gasteiger partial charge in [0.05, 0.1) is 0 Å². The third kappa shape index (κ3) is 4.41. The summed E-state index contributed by atoms with van der Waals surface area (Å²) in [5.74, 6) is -0.172. The number of carbonyl (C=O) groups is 1. The molecule has 2 aromatic rings. The highest BCUT2D eigenvalue weighted by Gasteiger charge is 2.22. The van der Waals surface area contributed by atoms with Crippen LogP contribution in [-0.2, 0) is 4.79 Å². The van der Waals surface area contributed by atoms with Crippen LogP contribution in [0.2, 0.25) is 0 Å². The maximum atomic E-state index is 12.6. The van der Waals surface area contributed by atoms with Crippen molar-refractivity contribution in [2.75, 3.05) is 29.3 Å². The van der Waals surface area contributed by atoms with Crippen LogP contribution in [0.5, 0.6) is 0 Å². The third-order valence-electron chi connectivity index (χ3n) is 3.62. The predicted molar refractivity (Wildman–Crippen MR) is 104 cm³/mol. The zero-order chi connectivity index (χ0) is 18.6. The van der Waals surface area contributed by atoms with Gasteiger partial charge in [0.25, 0.3) is 0 Å². The molecule has 9 heteroatoms. The normalized spacial score (nSPS) is 11.5. The van der Waals surface area contributed by atoms with Crippen LogP contribution < -0.4 is 16.0 Å².